The topological polar surface area (TPSA) is 88.3 Å². The molecule has 2 aliphatic rings. The number of amides is 1. The molecule has 2 aromatic heterocycles. The van der Waals surface area contributed by atoms with Crippen LogP contribution in [0, 0.1) is 29.1 Å². The predicted molar refractivity (Wildman–Crippen MR) is 138 cm³/mol. The van der Waals surface area contributed by atoms with E-state index >= 15 is 0 Å². The summed E-state index contributed by atoms with van der Waals surface area (Å²) in [5.41, 5.74) is 0.329. The molecule has 8 heteroatoms. The van der Waals surface area contributed by atoms with Crippen LogP contribution in [-0.4, -0.2) is 38.0 Å². The maximum Gasteiger partial charge on any atom is 0.348 e. The number of nitrogens with zero attached hydrogens (tertiary/aromatic N) is 4. The van der Waals surface area contributed by atoms with E-state index in [0.29, 0.717) is 16.5 Å². The number of anilines is 1. The van der Waals surface area contributed by atoms with Crippen LogP contribution in [0.15, 0.2) is 18.5 Å². The molecule has 0 saturated heterocycles. The van der Waals surface area contributed by atoms with Gasteiger partial charge in [-0.25, -0.2) is 9.48 Å². The molecular formula is C27H36N4O3S. The molecular weight excluding hydrogens is 460 g/mol. The normalized spacial score (nSPS) is 24.9. The summed E-state index contributed by atoms with van der Waals surface area (Å²) in [5.74, 6) is 6.03. The quantitative estimate of drug-likeness (QED) is 0.530. The Labute approximate surface area is 211 Å². The molecule has 188 valence electrons. The Morgan fingerprint density at radius 1 is 1.11 bits per heavy atom. The van der Waals surface area contributed by atoms with E-state index in [0.717, 1.165) is 51.4 Å². The van der Waals surface area contributed by atoms with Crippen molar-refractivity contribution in [1.82, 2.24) is 15.0 Å². The van der Waals surface area contributed by atoms with Crippen LogP contribution in [-0.2, 0) is 4.79 Å². The van der Waals surface area contributed by atoms with Crippen molar-refractivity contribution in [2.24, 2.45) is 17.3 Å². The fourth-order valence-electron chi connectivity index (χ4n) is 5.22. The van der Waals surface area contributed by atoms with Crippen LogP contribution < -0.4 is 4.90 Å². The molecule has 7 nitrogen and oxygen atoms in total. The number of hydrogen-bond acceptors (Lipinski definition) is 5. The van der Waals surface area contributed by atoms with Crippen LogP contribution >= 0.6 is 11.3 Å². The fraction of sp³-hybridized carbons (Fsp3) is 0.630. The average molecular weight is 497 g/mol. The van der Waals surface area contributed by atoms with E-state index in [9.17, 15) is 14.7 Å². The van der Waals surface area contributed by atoms with Gasteiger partial charge in [0.1, 0.15) is 4.88 Å². The lowest BCUT2D eigenvalue weighted by Gasteiger charge is -2.39. The SMILES string of the molecule is CC(C)(C)C#Cc1cc(N(C(=O)[C@H]2CC[C@H](C)CC2)[C@H]2CC[C@H](n3ccnn3)CC2)c(C(=O)O)s1. The van der Waals surface area contributed by atoms with Crippen molar-refractivity contribution in [3.63, 3.8) is 0 Å². The summed E-state index contributed by atoms with van der Waals surface area (Å²) < 4.78 is 1.90. The summed E-state index contributed by atoms with van der Waals surface area (Å²) in [4.78, 5) is 29.0. The highest BCUT2D eigenvalue weighted by molar-refractivity contribution is 7.15. The maximum atomic E-state index is 14.0. The third-order valence-corrected chi connectivity index (χ3v) is 8.20. The summed E-state index contributed by atoms with van der Waals surface area (Å²) in [7, 11) is 0. The van der Waals surface area contributed by atoms with Gasteiger partial charge >= 0.3 is 5.97 Å². The second-order valence-electron chi connectivity index (χ2n) is 11.1. The van der Waals surface area contributed by atoms with E-state index < -0.39 is 5.97 Å². The molecule has 4 rings (SSSR count). The first-order valence-electron chi connectivity index (χ1n) is 12.7. The third-order valence-electron chi connectivity index (χ3n) is 7.18. The first-order chi connectivity index (χ1) is 16.6. The number of aromatic nitrogens is 3. The molecule has 1 N–H and O–H groups in total. The van der Waals surface area contributed by atoms with Crippen molar-refractivity contribution in [2.45, 2.75) is 91.1 Å². The molecule has 2 saturated carbocycles. The van der Waals surface area contributed by atoms with Crippen LogP contribution in [0.3, 0.4) is 0 Å². The molecule has 2 aliphatic carbocycles. The molecule has 0 aliphatic heterocycles. The Morgan fingerprint density at radius 2 is 1.80 bits per heavy atom. The number of carbonyl (C=O) groups is 2. The van der Waals surface area contributed by atoms with Crippen LogP contribution in [0.1, 0.15) is 99.7 Å². The van der Waals surface area contributed by atoms with Crippen molar-refractivity contribution in [1.29, 1.82) is 0 Å². The van der Waals surface area contributed by atoms with E-state index in [4.69, 9.17) is 0 Å². The van der Waals surface area contributed by atoms with Gasteiger partial charge in [-0.2, -0.15) is 0 Å². The van der Waals surface area contributed by atoms with Crippen molar-refractivity contribution >= 4 is 28.9 Å². The smallest absolute Gasteiger partial charge is 0.348 e. The van der Waals surface area contributed by atoms with Gasteiger partial charge in [-0.05, 0) is 84.1 Å². The van der Waals surface area contributed by atoms with E-state index in [1.807, 2.05) is 42.6 Å². The fourth-order valence-corrected chi connectivity index (χ4v) is 6.06. The van der Waals surface area contributed by atoms with Crippen molar-refractivity contribution in [3.8, 4) is 11.8 Å². The van der Waals surface area contributed by atoms with Gasteiger partial charge in [-0.1, -0.05) is 24.0 Å². The highest BCUT2D eigenvalue weighted by Gasteiger charge is 2.37. The average Bonchev–Trinajstić information content (AvgIpc) is 3.49. The highest BCUT2D eigenvalue weighted by Crippen LogP contribution is 2.40. The minimum absolute atomic E-state index is 0.0299. The number of carboxylic acid groups (broad SMARTS) is 1. The second kappa shape index (κ2) is 10.5. The zero-order valence-corrected chi connectivity index (χ0v) is 22.0. The van der Waals surface area contributed by atoms with Crippen LogP contribution in [0.2, 0.25) is 0 Å². The number of aromatic carboxylic acids is 1. The van der Waals surface area contributed by atoms with Crippen LogP contribution in [0.25, 0.3) is 0 Å². The van der Waals surface area contributed by atoms with Crippen molar-refractivity contribution in [2.75, 3.05) is 4.90 Å². The first kappa shape index (κ1) is 25.4. The van der Waals surface area contributed by atoms with E-state index in [2.05, 4.69) is 29.1 Å². The molecule has 35 heavy (non-hydrogen) atoms. The van der Waals surface area contributed by atoms with Gasteiger partial charge in [0.25, 0.3) is 0 Å². The van der Waals surface area contributed by atoms with Crippen LogP contribution in [0.4, 0.5) is 5.69 Å². The largest absolute Gasteiger partial charge is 0.477 e. The van der Waals surface area contributed by atoms with E-state index in [1.54, 1.807) is 6.20 Å². The Kier molecular flexibility index (Phi) is 7.65. The standard InChI is InChI=1S/C27H36N4O3S/c1-18-5-7-19(8-6-18)25(32)31(21-11-9-20(10-12-21)30-16-15-28-29-30)23-17-22(13-14-27(2,3)4)35-24(23)26(33)34/h15-21H,5-12H2,1-4H3,(H,33,34)/t18-,19-,20-,21-. The number of rotatable bonds is 5. The molecule has 0 spiro atoms. The lowest BCUT2D eigenvalue weighted by Crippen LogP contribution is -2.46. The van der Waals surface area contributed by atoms with E-state index in [1.165, 1.54) is 11.3 Å². The molecule has 0 radical (unpaired) electrons. The number of hydrogen-bond donors (Lipinski definition) is 1. The summed E-state index contributed by atoms with van der Waals surface area (Å²) in [5, 5.41) is 18.1. The van der Waals surface area contributed by atoms with Gasteiger partial charge in [0.05, 0.1) is 22.8 Å². The Bertz CT molecular complexity index is 1090. The third kappa shape index (κ3) is 6.13. The first-order valence-corrected chi connectivity index (χ1v) is 13.5. The highest BCUT2D eigenvalue weighted by atomic mass is 32.1. The Hall–Kier alpha value is -2.66. The van der Waals surface area contributed by atoms with Gasteiger partial charge < -0.3 is 10.0 Å². The monoisotopic (exact) mass is 496 g/mol. The summed E-state index contributed by atoms with van der Waals surface area (Å²) in [6, 6.07) is 2.06. The van der Waals surface area contributed by atoms with Crippen LogP contribution in [0.5, 0.6) is 0 Å². The zero-order chi connectivity index (χ0) is 25.2. The maximum absolute atomic E-state index is 14.0. The van der Waals surface area contributed by atoms with Crippen molar-refractivity contribution in [3.05, 3.63) is 28.2 Å². The lowest BCUT2D eigenvalue weighted by atomic mass is 9.81. The molecule has 0 bridgehead atoms. The Morgan fingerprint density at radius 3 is 2.37 bits per heavy atom. The molecule has 2 heterocycles. The van der Waals surface area contributed by atoms with Gasteiger partial charge in [-0.3, -0.25) is 4.79 Å². The molecule has 0 atom stereocenters. The molecule has 0 unspecified atom stereocenters. The molecule has 1 amide bonds. The Balaban J connectivity index is 1.66. The second-order valence-corrected chi connectivity index (χ2v) is 12.2. The van der Waals surface area contributed by atoms with Gasteiger partial charge in [-0.15, -0.1) is 16.4 Å². The summed E-state index contributed by atoms with van der Waals surface area (Å²) >= 11 is 1.17. The number of carbonyl (C=O) groups excluding carboxylic acids is 1. The molecule has 2 aromatic rings. The van der Waals surface area contributed by atoms with Gasteiger partial charge in [0.2, 0.25) is 5.91 Å². The summed E-state index contributed by atoms with van der Waals surface area (Å²) in [6.07, 6.45) is 10.8. The minimum atomic E-state index is -1.000. The summed E-state index contributed by atoms with van der Waals surface area (Å²) in [6.45, 7) is 8.33. The zero-order valence-electron chi connectivity index (χ0n) is 21.2. The van der Waals surface area contributed by atoms with Gasteiger partial charge in [0.15, 0.2) is 0 Å². The molecule has 0 aromatic carbocycles. The van der Waals surface area contributed by atoms with E-state index in [-0.39, 0.29) is 34.2 Å². The number of carboxylic acids is 1. The minimum Gasteiger partial charge on any atom is -0.477 e. The van der Waals surface area contributed by atoms with Crippen molar-refractivity contribution < 1.29 is 14.7 Å². The lowest BCUT2D eigenvalue weighted by molar-refractivity contribution is -0.124. The number of thiophene rings is 1. The van der Waals surface area contributed by atoms with Gasteiger partial charge in [0, 0.05) is 23.6 Å². The molecule has 2 fully saturated rings. The predicted octanol–water partition coefficient (Wildman–Crippen LogP) is 5.78.